The van der Waals surface area contributed by atoms with Crippen LogP contribution in [-0.2, 0) is 10.0 Å². The molecule has 2 N–H and O–H groups in total. The van der Waals surface area contributed by atoms with Crippen LogP contribution >= 0.6 is 12.6 Å². The molecule has 0 aliphatic heterocycles. The van der Waals surface area contributed by atoms with Crippen molar-refractivity contribution in [1.29, 1.82) is 0 Å². The molecule has 2 aromatic carbocycles. The number of sulfonamides is 1. The summed E-state index contributed by atoms with van der Waals surface area (Å²) in [6.07, 6.45) is 2.04. The number of primary sulfonamides is 1. The van der Waals surface area contributed by atoms with E-state index in [1.54, 1.807) is 12.1 Å². The predicted octanol–water partition coefficient (Wildman–Crippen LogP) is 3.39. The van der Waals surface area contributed by atoms with Gasteiger partial charge in [0.05, 0.1) is 10.6 Å². The fourth-order valence-corrected chi connectivity index (χ4v) is 3.12. The van der Waals surface area contributed by atoms with Gasteiger partial charge in [-0.15, -0.1) is 12.6 Å². The number of aryl methyl sites for hydroxylation is 1. The Balaban J connectivity index is 2.09. The smallest absolute Gasteiger partial charge is 0.238 e. The van der Waals surface area contributed by atoms with Crippen LogP contribution in [0.25, 0.3) is 16.9 Å². The van der Waals surface area contributed by atoms with Crippen LogP contribution in [0.4, 0.5) is 0 Å². The molecule has 0 spiro atoms. The highest BCUT2D eigenvalue weighted by Crippen LogP contribution is 2.27. The first-order chi connectivity index (χ1) is 10.8. The van der Waals surface area contributed by atoms with Crippen molar-refractivity contribution in [2.45, 2.75) is 16.7 Å². The van der Waals surface area contributed by atoms with Gasteiger partial charge in [0.25, 0.3) is 0 Å². The van der Waals surface area contributed by atoms with Crippen molar-refractivity contribution in [2.24, 2.45) is 5.14 Å². The van der Waals surface area contributed by atoms with Gasteiger partial charge in [0.1, 0.15) is 0 Å². The summed E-state index contributed by atoms with van der Waals surface area (Å²) in [5, 5.41) is 5.14. The highest BCUT2D eigenvalue weighted by atomic mass is 32.2. The molecule has 0 fully saturated rings. The third-order valence-corrected chi connectivity index (χ3v) is 4.79. The monoisotopic (exact) mass is 344 g/mol. The van der Waals surface area contributed by atoms with Crippen LogP contribution in [0.5, 0.6) is 0 Å². The highest BCUT2D eigenvalue weighted by Gasteiger charge is 2.11. The third kappa shape index (κ3) is 3.34. The Morgan fingerprint density at radius 1 is 1.00 bits per heavy atom. The molecule has 3 aromatic rings. The first kappa shape index (κ1) is 15.9. The second-order valence-corrected chi connectivity index (χ2v) is 7.44. The minimum Gasteiger partial charge on any atom is -0.316 e. The maximum atomic E-state index is 11.4. The van der Waals surface area contributed by atoms with Crippen molar-refractivity contribution in [3.63, 3.8) is 0 Å². The molecule has 0 saturated heterocycles. The Labute approximate surface area is 141 Å². The molecule has 0 amide bonds. The number of benzene rings is 2. The van der Waals surface area contributed by atoms with Crippen LogP contribution in [-0.4, -0.2) is 13.0 Å². The maximum Gasteiger partial charge on any atom is 0.238 e. The minimum absolute atomic E-state index is 0.107. The van der Waals surface area contributed by atoms with Crippen LogP contribution < -0.4 is 5.14 Å². The van der Waals surface area contributed by atoms with Crippen molar-refractivity contribution >= 4 is 22.7 Å². The molecular formula is C17H16N2O2S2. The number of nitrogens with zero attached hydrogens (tertiary/aromatic N) is 1. The molecule has 0 bridgehead atoms. The van der Waals surface area contributed by atoms with E-state index in [0.717, 1.165) is 27.4 Å². The summed E-state index contributed by atoms with van der Waals surface area (Å²) in [6.45, 7) is 2.02. The molecule has 6 heteroatoms. The van der Waals surface area contributed by atoms with Gasteiger partial charge in [-0.05, 0) is 60.5 Å². The molecule has 0 aliphatic rings. The fraction of sp³-hybridized carbons (Fsp3) is 0.0588. The molecule has 3 rings (SSSR count). The number of aromatic nitrogens is 1. The van der Waals surface area contributed by atoms with Gasteiger partial charge in [-0.25, -0.2) is 13.6 Å². The van der Waals surface area contributed by atoms with Gasteiger partial charge in [-0.2, -0.15) is 0 Å². The predicted molar refractivity (Wildman–Crippen MR) is 94.6 cm³/mol. The zero-order valence-electron chi connectivity index (χ0n) is 12.5. The van der Waals surface area contributed by atoms with Crippen molar-refractivity contribution in [3.05, 3.63) is 66.4 Å². The van der Waals surface area contributed by atoms with E-state index in [1.807, 2.05) is 37.4 Å². The Morgan fingerprint density at radius 3 is 2.17 bits per heavy atom. The maximum absolute atomic E-state index is 11.4. The minimum atomic E-state index is -3.68. The Hall–Kier alpha value is -2.02. The summed E-state index contributed by atoms with van der Waals surface area (Å²) >= 11 is 4.31. The van der Waals surface area contributed by atoms with E-state index in [4.69, 9.17) is 5.14 Å². The van der Waals surface area contributed by atoms with E-state index in [-0.39, 0.29) is 4.90 Å². The summed E-state index contributed by atoms with van der Waals surface area (Å²) in [4.78, 5) is 1.01. The first-order valence-corrected chi connectivity index (χ1v) is 8.95. The van der Waals surface area contributed by atoms with Gasteiger partial charge in [-0.1, -0.05) is 12.1 Å². The third-order valence-electron chi connectivity index (χ3n) is 3.56. The van der Waals surface area contributed by atoms with Gasteiger partial charge in [-0.3, -0.25) is 0 Å². The van der Waals surface area contributed by atoms with E-state index in [0.29, 0.717) is 0 Å². The second kappa shape index (κ2) is 5.88. The zero-order valence-corrected chi connectivity index (χ0v) is 14.2. The Kier molecular flexibility index (Phi) is 4.06. The lowest BCUT2D eigenvalue weighted by Crippen LogP contribution is -2.11. The molecule has 0 atom stereocenters. The van der Waals surface area contributed by atoms with Crippen LogP contribution in [0.15, 0.2) is 70.6 Å². The standard InChI is InChI=1S/C17H16N2O2S2/c1-12-10-17(13-2-8-16(9-3-13)23(18,20)21)19(11-12)14-4-6-15(22)7-5-14/h2-11,22H,1H3,(H2,18,20,21). The first-order valence-electron chi connectivity index (χ1n) is 6.96. The van der Waals surface area contributed by atoms with E-state index in [9.17, 15) is 8.42 Å². The van der Waals surface area contributed by atoms with Gasteiger partial charge in [0.15, 0.2) is 0 Å². The van der Waals surface area contributed by atoms with E-state index in [2.05, 4.69) is 23.3 Å². The van der Waals surface area contributed by atoms with E-state index < -0.39 is 10.0 Å². The van der Waals surface area contributed by atoms with E-state index in [1.165, 1.54) is 12.1 Å². The number of hydrogen-bond acceptors (Lipinski definition) is 3. The molecule has 23 heavy (non-hydrogen) atoms. The highest BCUT2D eigenvalue weighted by molar-refractivity contribution is 7.89. The van der Waals surface area contributed by atoms with Crippen LogP contribution in [0, 0.1) is 6.92 Å². The summed E-state index contributed by atoms with van der Waals surface area (Å²) in [6, 6.07) is 16.5. The fourth-order valence-electron chi connectivity index (χ4n) is 2.46. The second-order valence-electron chi connectivity index (χ2n) is 5.36. The average Bonchev–Trinajstić information content (AvgIpc) is 2.89. The van der Waals surface area contributed by atoms with Crippen molar-refractivity contribution < 1.29 is 8.42 Å². The Bertz CT molecular complexity index is 941. The van der Waals surface area contributed by atoms with Crippen LogP contribution in [0.2, 0.25) is 0 Å². The van der Waals surface area contributed by atoms with Crippen molar-refractivity contribution in [2.75, 3.05) is 0 Å². The van der Waals surface area contributed by atoms with Crippen molar-refractivity contribution in [1.82, 2.24) is 4.57 Å². The normalized spacial score (nSPS) is 11.6. The Morgan fingerprint density at radius 2 is 1.61 bits per heavy atom. The zero-order chi connectivity index (χ0) is 16.6. The summed E-state index contributed by atoms with van der Waals surface area (Å²) in [5.41, 5.74) is 4.03. The quantitative estimate of drug-likeness (QED) is 0.715. The SMILES string of the molecule is Cc1cc(-c2ccc(S(N)(=O)=O)cc2)n(-c2ccc(S)cc2)c1. The van der Waals surface area contributed by atoms with E-state index >= 15 is 0 Å². The molecule has 1 aromatic heterocycles. The average molecular weight is 344 g/mol. The molecule has 0 saturated carbocycles. The van der Waals surface area contributed by atoms with Crippen LogP contribution in [0.3, 0.4) is 0 Å². The molecule has 0 radical (unpaired) electrons. The van der Waals surface area contributed by atoms with Crippen molar-refractivity contribution in [3.8, 4) is 16.9 Å². The molecular weight excluding hydrogens is 328 g/mol. The summed E-state index contributed by atoms with van der Waals surface area (Å²) in [5.74, 6) is 0. The summed E-state index contributed by atoms with van der Waals surface area (Å²) < 4.78 is 24.8. The van der Waals surface area contributed by atoms with Gasteiger partial charge < -0.3 is 4.57 Å². The lowest BCUT2D eigenvalue weighted by atomic mass is 10.1. The number of nitrogens with two attached hydrogens (primary N) is 1. The lowest BCUT2D eigenvalue weighted by molar-refractivity contribution is 0.598. The van der Waals surface area contributed by atoms with Gasteiger partial charge in [0.2, 0.25) is 10.0 Å². The molecule has 118 valence electrons. The molecule has 1 heterocycles. The number of hydrogen-bond donors (Lipinski definition) is 2. The van der Waals surface area contributed by atoms with Gasteiger partial charge >= 0.3 is 0 Å². The van der Waals surface area contributed by atoms with Crippen LogP contribution in [0.1, 0.15) is 5.56 Å². The lowest BCUT2D eigenvalue weighted by Gasteiger charge is -2.10. The molecule has 4 nitrogen and oxygen atoms in total. The number of rotatable bonds is 3. The largest absolute Gasteiger partial charge is 0.316 e. The summed E-state index contributed by atoms with van der Waals surface area (Å²) in [7, 11) is -3.68. The topological polar surface area (TPSA) is 65.1 Å². The molecule has 0 unspecified atom stereocenters. The van der Waals surface area contributed by atoms with Gasteiger partial charge in [0, 0.05) is 16.8 Å². The molecule has 0 aliphatic carbocycles. The number of thiol groups is 1.